The number of rotatable bonds is 6. The molecule has 0 radical (unpaired) electrons. The molecular formula is C20H21NO6. The molecule has 3 rings (SSSR count). The molecule has 7 nitrogen and oxygen atoms in total. The summed E-state index contributed by atoms with van der Waals surface area (Å²) < 4.78 is 27.5. The first-order valence-corrected chi connectivity index (χ1v) is 8.18. The van der Waals surface area contributed by atoms with E-state index in [2.05, 4.69) is 0 Å². The predicted molar refractivity (Wildman–Crippen MR) is 99.6 cm³/mol. The minimum Gasteiger partial charge on any atom is -0.497 e. The summed E-state index contributed by atoms with van der Waals surface area (Å²) in [6.45, 7) is 0. The number of primary amides is 1. The van der Waals surface area contributed by atoms with Gasteiger partial charge >= 0.3 is 0 Å². The number of fused-ring (bicyclic) bond motifs is 1. The molecule has 7 heteroatoms. The first-order chi connectivity index (χ1) is 13.0. The monoisotopic (exact) mass is 371 g/mol. The summed E-state index contributed by atoms with van der Waals surface area (Å²) in [6.07, 6.45) is 0.991. The predicted octanol–water partition coefficient (Wildman–Crippen LogP) is 2.72. The van der Waals surface area contributed by atoms with Gasteiger partial charge in [-0.25, -0.2) is 0 Å². The second-order valence-electron chi connectivity index (χ2n) is 5.82. The number of benzene rings is 2. The number of nitrogens with two attached hydrogens (primary N) is 1. The highest BCUT2D eigenvalue weighted by molar-refractivity contribution is 5.99. The summed E-state index contributed by atoms with van der Waals surface area (Å²) in [5.41, 5.74) is 7.31. The van der Waals surface area contributed by atoms with Crippen molar-refractivity contribution in [2.45, 2.75) is 6.10 Å². The average Bonchev–Trinajstić information content (AvgIpc) is 2.70. The third kappa shape index (κ3) is 3.36. The molecule has 2 aromatic rings. The lowest BCUT2D eigenvalue weighted by Crippen LogP contribution is -2.25. The van der Waals surface area contributed by atoms with Gasteiger partial charge in [-0.05, 0) is 30.3 Å². The molecule has 0 spiro atoms. The van der Waals surface area contributed by atoms with E-state index in [0.29, 0.717) is 39.9 Å². The van der Waals surface area contributed by atoms with Gasteiger partial charge in [0.2, 0.25) is 11.7 Å². The second-order valence-corrected chi connectivity index (χ2v) is 5.82. The minimum atomic E-state index is -0.726. The molecule has 0 saturated carbocycles. The van der Waals surface area contributed by atoms with E-state index >= 15 is 0 Å². The first-order valence-electron chi connectivity index (χ1n) is 8.18. The third-order valence-electron chi connectivity index (χ3n) is 4.33. The van der Waals surface area contributed by atoms with Crippen molar-refractivity contribution in [3.05, 3.63) is 47.0 Å². The van der Waals surface area contributed by atoms with Crippen molar-refractivity contribution in [1.82, 2.24) is 0 Å². The molecule has 0 bridgehead atoms. The van der Waals surface area contributed by atoms with E-state index in [1.54, 1.807) is 37.5 Å². The van der Waals surface area contributed by atoms with Gasteiger partial charge in [-0.3, -0.25) is 4.79 Å². The molecule has 27 heavy (non-hydrogen) atoms. The van der Waals surface area contributed by atoms with Crippen LogP contribution in [0.1, 0.15) is 17.2 Å². The molecule has 2 N–H and O–H groups in total. The van der Waals surface area contributed by atoms with Crippen LogP contribution in [-0.4, -0.2) is 34.3 Å². The molecule has 1 aliphatic heterocycles. The molecule has 0 aromatic heterocycles. The van der Waals surface area contributed by atoms with E-state index in [1.807, 2.05) is 6.07 Å². The summed E-state index contributed by atoms with van der Waals surface area (Å²) in [7, 11) is 6.14. The highest BCUT2D eigenvalue weighted by Gasteiger charge is 2.30. The van der Waals surface area contributed by atoms with Crippen LogP contribution in [0.5, 0.6) is 28.7 Å². The second kappa shape index (κ2) is 7.49. The number of hydrogen-bond donors (Lipinski definition) is 1. The number of carbonyl (C=O) groups excluding carboxylic acids is 1. The maximum atomic E-state index is 12.1. The molecular weight excluding hydrogens is 350 g/mol. The van der Waals surface area contributed by atoms with Crippen LogP contribution in [0.25, 0.3) is 6.08 Å². The number of hydrogen-bond acceptors (Lipinski definition) is 6. The Kier molecular flexibility index (Phi) is 5.12. The quantitative estimate of drug-likeness (QED) is 0.840. The van der Waals surface area contributed by atoms with Crippen molar-refractivity contribution in [2.24, 2.45) is 5.73 Å². The Morgan fingerprint density at radius 3 is 2.15 bits per heavy atom. The number of carbonyl (C=O) groups is 1. The lowest BCUT2D eigenvalue weighted by atomic mass is 9.95. The van der Waals surface area contributed by atoms with Crippen LogP contribution >= 0.6 is 0 Å². The van der Waals surface area contributed by atoms with Gasteiger partial charge in [-0.2, -0.15) is 0 Å². The molecule has 1 atom stereocenters. The Balaban J connectivity index is 2.13. The zero-order valence-electron chi connectivity index (χ0n) is 15.6. The van der Waals surface area contributed by atoms with Gasteiger partial charge < -0.3 is 29.4 Å². The lowest BCUT2D eigenvalue weighted by Gasteiger charge is -2.27. The number of ether oxygens (including phenoxy) is 5. The summed E-state index contributed by atoms with van der Waals surface area (Å²) >= 11 is 0. The van der Waals surface area contributed by atoms with Crippen LogP contribution in [0.15, 0.2) is 35.9 Å². The first kappa shape index (κ1) is 18.4. The van der Waals surface area contributed by atoms with E-state index in [9.17, 15) is 4.79 Å². The molecule has 1 unspecified atom stereocenters. The highest BCUT2D eigenvalue weighted by Crippen LogP contribution is 2.44. The largest absolute Gasteiger partial charge is 0.497 e. The topological polar surface area (TPSA) is 89.2 Å². The standard InChI is InChI=1S/C20H21NO6/c1-23-13-6-5-11-7-14(20(21)22)18(27-15(11)10-13)12-8-16(24-2)19(26-4)17(9-12)25-3/h5-10,18H,1-4H3,(H2,21,22). The maximum absolute atomic E-state index is 12.1. The smallest absolute Gasteiger partial charge is 0.248 e. The Bertz CT molecular complexity index is 880. The van der Waals surface area contributed by atoms with E-state index < -0.39 is 12.0 Å². The maximum Gasteiger partial charge on any atom is 0.248 e. The molecule has 1 amide bonds. The van der Waals surface area contributed by atoms with Crippen molar-refractivity contribution in [3.8, 4) is 28.7 Å². The number of amides is 1. The third-order valence-corrected chi connectivity index (χ3v) is 4.33. The zero-order chi connectivity index (χ0) is 19.6. The zero-order valence-corrected chi connectivity index (χ0v) is 15.6. The van der Waals surface area contributed by atoms with E-state index in [0.717, 1.165) is 5.56 Å². The Morgan fingerprint density at radius 2 is 1.63 bits per heavy atom. The fourth-order valence-electron chi connectivity index (χ4n) is 3.00. The van der Waals surface area contributed by atoms with Crippen LogP contribution < -0.4 is 29.4 Å². The fourth-order valence-corrected chi connectivity index (χ4v) is 3.00. The van der Waals surface area contributed by atoms with Gasteiger partial charge in [0, 0.05) is 17.2 Å². The van der Waals surface area contributed by atoms with Crippen LogP contribution in [0.2, 0.25) is 0 Å². The molecule has 1 heterocycles. The van der Waals surface area contributed by atoms with Crippen LogP contribution in [0.4, 0.5) is 0 Å². The van der Waals surface area contributed by atoms with E-state index in [1.165, 1.54) is 21.3 Å². The molecule has 0 saturated heterocycles. The average molecular weight is 371 g/mol. The van der Waals surface area contributed by atoms with Crippen LogP contribution in [-0.2, 0) is 4.79 Å². The summed E-state index contributed by atoms with van der Waals surface area (Å²) in [6, 6.07) is 8.82. The summed E-state index contributed by atoms with van der Waals surface area (Å²) in [4.78, 5) is 12.1. The van der Waals surface area contributed by atoms with Crippen molar-refractivity contribution in [2.75, 3.05) is 28.4 Å². The molecule has 0 aliphatic carbocycles. The normalized spacial score (nSPS) is 15.1. The molecule has 142 valence electrons. The van der Waals surface area contributed by atoms with Crippen LogP contribution in [0.3, 0.4) is 0 Å². The van der Waals surface area contributed by atoms with E-state index in [-0.39, 0.29) is 0 Å². The number of methoxy groups -OCH3 is 4. The Hall–Kier alpha value is -3.35. The van der Waals surface area contributed by atoms with Gasteiger partial charge in [0.15, 0.2) is 17.6 Å². The van der Waals surface area contributed by atoms with Crippen molar-refractivity contribution in [3.63, 3.8) is 0 Å². The van der Waals surface area contributed by atoms with Crippen LogP contribution in [0, 0.1) is 0 Å². The fraction of sp³-hybridized carbons (Fsp3) is 0.250. The summed E-state index contributed by atoms with van der Waals surface area (Å²) in [5, 5.41) is 0. The van der Waals surface area contributed by atoms with Crippen molar-refractivity contribution in [1.29, 1.82) is 0 Å². The SMILES string of the molecule is COc1ccc2c(c1)OC(c1cc(OC)c(OC)c(OC)c1)C(C(N)=O)=C2. The van der Waals surface area contributed by atoms with Crippen molar-refractivity contribution >= 4 is 12.0 Å². The van der Waals surface area contributed by atoms with E-state index in [4.69, 9.17) is 29.4 Å². The molecule has 2 aromatic carbocycles. The molecule has 0 fully saturated rings. The van der Waals surface area contributed by atoms with Gasteiger partial charge in [0.1, 0.15) is 11.5 Å². The van der Waals surface area contributed by atoms with Crippen molar-refractivity contribution < 1.29 is 28.5 Å². The Labute approximate surface area is 157 Å². The highest BCUT2D eigenvalue weighted by atomic mass is 16.5. The van der Waals surface area contributed by atoms with Gasteiger partial charge in [-0.15, -0.1) is 0 Å². The Morgan fingerprint density at radius 1 is 0.963 bits per heavy atom. The minimum absolute atomic E-state index is 0.321. The lowest BCUT2D eigenvalue weighted by molar-refractivity contribution is -0.115. The van der Waals surface area contributed by atoms with Gasteiger partial charge in [0.05, 0.1) is 34.0 Å². The van der Waals surface area contributed by atoms with Gasteiger partial charge in [-0.1, -0.05) is 0 Å². The summed E-state index contributed by atoms with van der Waals surface area (Å²) in [5.74, 6) is 2.01. The van der Waals surface area contributed by atoms with Gasteiger partial charge in [0.25, 0.3) is 0 Å². The molecule has 1 aliphatic rings.